The maximum absolute atomic E-state index is 10.5. The molecule has 0 saturated heterocycles. The van der Waals surface area contributed by atoms with Gasteiger partial charge in [-0.2, -0.15) is 0 Å². The molecule has 0 spiro atoms. The van der Waals surface area contributed by atoms with Crippen molar-refractivity contribution in [2.24, 2.45) is 0 Å². The average Bonchev–Trinajstić information content (AvgIpc) is 2.52. The van der Waals surface area contributed by atoms with Crippen LogP contribution in [0, 0.1) is 0 Å². The first kappa shape index (κ1) is 17.4. The monoisotopic (exact) mass is 354 g/mol. The Labute approximate surface area is 144 Å². The molecule has 0 aliphatic heterocycles. The van der Waals surface area contributed by atoms with Gasteiger partial charge in [-0.1, -0.05) is 35.3 Å². The van der Waals surface area contributed by atoms with E-state index in [1.54, 1.807) is 18.2 Å². The first-order chi connectivity index (χ1) is 11.0. The molecule has 0 aliphatic carbocycles. The molecule has 0 unspecified atom stereocenters. The Hall–Kier alpha value is -1.91. The molecule has 4 nitrogen and oxygen atoms in total. The molecule has 1 N–H and O–H groups in total. The maximum Gasteiger partial charge on any atom is 0.303 e. The molecule has 23 heavy (non-hydrogen) atoms. The molecule has 0 atom stereocenters. The van der Waals surface area contributed by atoms with Crippen molar-refractivity contribution in [2.75, 3.05) is 13.2 Å². The van der Waals surface area contributed by atoms with E-state index in [1.165, 1.54) is 0 Å². The Balaban J connectivity index is 1.74. The van der Waals surface area contributed by atoms with Gasteiger partial charge in [-0.3, -0.25) is 4.79 Å². The predicted octanol–water partition coefficient (Wildman–Crippen LogP) is 4.47. The van der Waals surface area contributed by atoms with E-state index in [0.717, 1.165) is 5.56 Å². The fourth-order valence-corrected chi connectivity index (χ4v) is 2.37. The van der Waals surface area contributed by atoms with Crippen LogP contribution in [0.3, 0.4) is 0 Å². The van der Waals surface area contributed by atoms with Gasteiger partial charge in [-0.05, 0) is 42.3 Å². The number of carboxylic acid groups (broad SMARTS) is 1. The minimum atomic E-state index is -0.802. The fraction of sp³-hybridized carbons (Fsp3) is 0.235. The van der Waals surface area contributed by atoms with Crippen LogP contribution in [0.1, 0.15) is 12.0 Å². The normalized spacial score (nSPS) is 10.3. The highest BCUT2D eigenvalue weighted by molar-refractivity contribution is 6.35. The van der Waals surface area contributed by atoms with Gasteiger partial charge in [0.1, 0.15) is 24.7 Å². The second kappa shape index (κ2) is 8.65. The van der Waals surface area contributed by atoms with Crippen LogP contribution in [-0.4, -0.2) is 24.3 Å². The third-order valence-corrected chi connectivity index (χ3v) is 3.58. The largest absolute Gasteiger partial charge is 0.490 e. The lowest BCUT2D eigenvalue weighted by Crippen LogP contribution is -2.09. The van der Waals surface area contributed by atoms with Crippen LogP contribution in [-0.2, 0) is 11.2 Å². The lowest BCUT2D eigenvalue weighted by atomic mass is 10.1. The Morgan fingerprint density at radius 1 is 1.00 bits per heavy atom. The van der Waals surface area contributed by atoms with E-state index in [-0.39, 0.29) is 6.42 Å². The van der Waals surface area contributed by atoms with Crippen LogP contribution in [0.25, 0.3) is 0 Å². The second-order valence-electron chi connectivity index (χ2n) is 4.81. The number of carbonyl (C=O) groups is 1. The Morgan fingerprint density at radius 3 is 2.35 bits per heavy atom. The standard InChI is InChI=1S/C17H16Cl2O4/c18-13-4-7-16(15(19)11-13)23-10-9-22-14-5-1-12(2-6-14)3-8-17(20)21/h1-2,4-7,11H,3,8-10H2,(H,20,21). The molecule has 0 saturated carbocycles. The number of aliphatic carboxylic acids is 1. The van der Waals surface area contributed by atoms with Gasteiger partial charge in [0.05, 0.1) is 5.02 Å². The van der Waals surface area contributed by atoms with Crippen molar-refractivity contribution in [3.63, 3.8) is 0 Å². The van der Waals surface area contributed by atoms with Crippen molar-refractivity contribution < 1.29 is 19.4 Å². The van der Waals surface area contributed by atoms with Crippen LogP contribution in [0.5, 0.6) is 11.5 Å². The van der Waals surface area contributed by atoms with E-state index in [0.29, 0.717) is 41.2 Å². The minimum absolute atomic E-state index is 0.121. The van der Waals surface area contributed by atoms with Gasteiger partial charge in [0.2, 0.25) is 0 Å². The number of aryl methyl sites for hydroxylation is 1. The zero-order valence-corrected chi connectivity index (χ0v) is 13.8. The van der Waals surface area contributed by atoms with E-state index < -0.39 is 5.97 Å². The molecular formula is C17H16Cl2O4. The van der Waals surface area contributed by atoms with Gasteiger partial charge < -0.3 is 14.6 Å². The third kappa shape index (κ3) is 6.00. The average molecular weight is 355 g/mol. The van der Waals surface area contributed by atoms with Gasteiger partial charge in [-0.25, -0.2) is 0 Å². The summed E-state index contributed by atoms with van der Waals surface area (Å²) in [6.07, 6.45) is 0.629. The number of hydrogen-bond donors (Lipinski definition) is 1. The molecular weight excluding hydrogens is 339 g/mol. The fourth-order valence-electron chi connectivity index (χ4n) is 1.91. The zero-order chi connectivity index (χ0) is 16.7. The van der Waals surface area contributed by atoms with E-state index in [4.69, 9.17) is 37.8 Å². The lowest BCUT2D eigenvalue weighted by molar-refractivity contribution is -0.136. The highest BCUT2D eigenvalue weighted by Gasteiger charge is 2.03. The van der Waals surface area contributed by atoms with E-state index in [9.17, 15) is 4.79 Å². The van der Waals surface area contributed by atoms with Crippen molar-refractivity contribution in [3.8, 4) is 11.5 Å². The molecule has 0 heterocycles. The summed E-state index contributed by atoms with van der Waals surface area (Å²) in [5, 5.41) is 9.66. The van der Waals surface area contributed by atoms with Gasteiger partial charge >= 0.3 is 5.97 Å². The van der Waals surface area contributed by atoms with Crippen molar-refractivity contribution in [3.05, 3.63) is 58.1 Å². The van der Waals surface area contributed by atoms with Gasteiger partial charge in [0.25, 0.3) is 0 Å². The second-order valence-corrected chi connectivity index (χ2v) is 5.65. The van der Waals surface area contributed by atoms with Crippen LogP contribution in [0.4, 0.5) is 0 Å². The molecule has 6 heteroatoms. The van der Waals surface area contributed by atoms with Gasteiger partial charge in [0, 0.05) is 11.4 Å². The maximum atomic E-state index is 10.5. The molecule has 0 aromatic heterocycles. The van der Waals surface area contributed by atoms with E-state index in [1.807, 2.05) is 24.3 Å². The number of rotatable bonds is 8. The Morgan fingerprint density at radius 2 is 1.70 bits per heavy atom. The molecule has 2 rings (SSSR count). The predicted molar refractivity (Wildman–Crippen MR) is 89.9 cm³/mol. The Bertz CT molecular complexity index is 656. The number of benzene rings is 2. The van der Waals surface area contributed by atoms with Crippen molar-refractivity contribution >= 4 is 29.2 Å². The van der Waals surface area contributed by atoms with E-state index >= 15 is 0 Å². The smallest absolute Gasteiger partial charge is 0.303 e. The molecule has 0 radical (unpaired) electrons. The number of hydrogen-bond acceptors (Lipinski definition) is 3. The summed E-state index contributed by atoms with van der Waals surface area (Å²) in [5.74, 6) is 0.460. The molecule has 122 valence electrons. The van der Waals surface area contributed by atoms with Crippen LogP contribution in [0.2, 0.25) is 10.0 Å². The summed E-state index contributed by atoms with van der Waals surface area (Å²) in [6, 6.07) is 12.4. The zero-order valence-electron chi connectivity index (χ0n) is 12.3. The van der Waals surface area contributed by atoms with E-state index in [2.05, 4.69) is 0 Å². The summed E-state index contributed by atoms with van der Waals surface area (Å²) in [4.78, 5) is 10.5. The first-order valence-corrected chi connectivity index (χ1v) is 7.81. The summed E-state index contributed by atoms with van der Waals surface area (Å²) in [7, 11) is 0. The van der Waals surface area contributed by atoms with Crippen molar-refractivity contribution in [2.45, 2.75) is 12.8 Å². The molecule has 0 fully saturated rings. The van der Waals surface area contributed by atoms with Gasteiger partial charge in [0.15, 0.2) is 0 Å². The number of halogens is 2. The highest BCUT2D eigenvalue weighted by Crippen LogP contribution is 2.27. The molecule has 2 aromatic carbocycles. The van der Waals surface area contributed by atoms with Crippen LogP contribution < -0.4 is 9.47 Å². The molecule has 0 bridgehead atoms. The summed E-state index contributed by atoms with van der Waals surface area (Å²) >= 11 is 11.8. The first-order valence-electron chi connectivity index (χ1n) is 7.06. The quantitative estimate of drug-likeness (QED) is 0.710. The lowest BCUT2D eigenvalue weighted by Gasteiger charge is -2.10. The highest BCUT2D eigenvalue weighted by atomic mass is 35.5. The SMILES string of the molecule is O=C(O)CCc1ccc(OCCOc2ccc(Cl)cc2Cl)cc1. The summed E-state index contributed by atoms with van der Waals surface area (Å²) in [5.41, 5.74) is 0.962. The van der Waals surface area contributed by atoms with Crippen molar-refractivity contribution in [1.29, 1.82) is 0 Å². The minimum Gasteiger partial charge on any atom is -0.490 e. The summed E-state index contributed by atoms with van der Waals surface area (Å²) < 4.78 is 11.1. The molecule has 2 aromatic rings. The third-order valence-electron chi connectivity index (χ3n) is 3.05. The molecule has 0 amide bonds. The van der Waals surface area contributed by atoms with Gasteiger partial charge in [-0.15, -0.1) is 0 Å². The topological polar surface area (TPSA) is 55.8 Å². The summed E-state index contributed by atoms with van der Waals surface area (Å²) in [6.45, 7) is 0.718. The number of carboxylic acids is 1. The number of ether oxygens (including phenoxy) is 2. The van der Waals surface area contributed by atoms with Crippen molar-refractivity contribution in [1.82, 2.24) is 0 Å². The van der Waals surface area contributed by atoms with Crippen LogP contribution in [0.15, 0.2) is 42.5 Å². The Kier molecular flexibility index (Phi) is 6.56. The van der Waals surface area contributed by atoms with Crippen LogP contribution >= 0.6 is 23.2 Å². The molecule has 0 aliphatic rings.